The third-order valence-corrected chi connectivity index (χ3v) is 5.31. The van der Waals surface area contributed by atoms with Crippen LogP contribution >= 0.6 is 0 Å². The molecule has 4 rings (SSSR count). The molecule has 1 saturated heterocycles. The molecule has 148 valence electrons. The molecule has 1 aliphatic heterocycles. The van der Waals surface area contributed by atoms with Crippen molar-refractivity contribution in [2.24, 2.45) is 7.05 Å². The van der Waals surface area contributed by atoms with Gasteiger partial charge in [-0.25, -0.2) is 0 Å². The van der Waals surface area contributed by atoms with Gasteiger partial charge < -0.3 is 10.2 Å². The van der Waals surface area contributed by atoms with Crippen molar-refractivity contribution in [1.82, 2.24) is 15.1 Å². The maximum absolute atomic E-state index is 12.8. The van der Waals surface area contributed by atoms with E-state index in [-0.39, 0.29) is 17.9 Å². The number of nitrogens with zero attached hydrogens (tertiary/aromatic N) is 3. The second-order valence-electron chi connectivity index (χ2n) is 7.34. The van der Waals surface area contributed by atoms with Crippen molar-refractivity contribution in [2.45, 2.75) is 25.8 Å². The summed E-state index contributed by atoms with van der Waals surface area (Å²) < 4.78 is 1.60. The maximum atomic E-state index is 12.8. The van der Waals surface area contributed by atoms with E-state index in [2.05, 4.69) is 10.4 Å². The highest BCUT2D eigenvalue weighted by atomic mass is 16.2. The first kappa shape index (κ1) is 18.9. The third-order valence-electron chi connectivity index (χ3n) is 5.31. The lowest BCUT2D eigenvalue weighted by Gasteiger charge is -2.18. The van der Waals surface area contributed by atoms with Gasteiger partial charge in [0.1, 0.15) is 5.69 Å². The highest BCUT2D eigenvalue weighted by molar-refractivity contribution is 5.95. The molecule has 0 unspecified atom stereocenters. The van der Waals surface area contributed by atoms with Crippen LogP contribution in [0, 0.1) is 0 Å². The first-order valence-electron chi connectivity index (χ1n) is 9.83. The Morgan fingerprint density at radius 2 is 1.83 bits per heavy atom. The summed E-state index contributed by atoms with van der Waals surface area (Å²) in [5, 5.41) is 7.50. The van der Waals surface area contributed by atoms with Gasteiger partial charge in [-0.1, -0.05) is 42.5 Å². The van der Waals surface area contributed by atoms with Crippen LogP contribution in [0.1, 0.15) is 41.9 Å². The lowest BCUT2D eigenvalue weighted by molar-refractivity contribution is -0.117. The van der Waals surface area contributed by atoms with Gasteiger partial charge in [-0.15, -0.1) is 0 Å². The summed E-state index contributed by atoms with van der Waals surface area (Å²) >= 11 is 0. The summed E-state index contributed by atoms with van der Waals surface area (Å²) in [6, 6.07) is 19.2. The molecule has 1 aromatic heterocycles. The summed E-state index contributed by atoms with van der Waals surface area (Å²) in [7, 11) is 1.77. The summed E-state index contributed by atoms with van der Waals surface area (Å²) in [4.78, 5) is 26.5. The quantitative estimate of drug-likeness (QED) is 0.725. The van der Waals surface area contributed by atoms with Gasteiger partial charge in [-0.2, -0.15) is 5.10 Å². The molecular formula is C23H24N4O2. The molecule has 0 saturated carbocycles. The zero-order chi connectivity index (χ0) is 20.4. The van der Waals surface area contributed by atoms with E-state index in [9.17, 15) is 9.59 Å². The Balaban J connectivity index is 1.46. The zero-order valence-corrected chi connectivity index (χ0v) is 16.6. The Labute approximate surface area is 170 Å². The Morgan fingerprint density at radius 3 is 2.48 bits per heavy atom. The molecule has 2 heterocycles. The number of benzene rings is 2. The van der Waals surface area contributed by atoms with Crippen molar-refractivity contribution >= 4 is 17.5 Å². The largest absolute Gasteiger partial charge is 0.344 e. The van der Waals surface area contributed by atoms with E-state index in [1.54, 1.807) is 17.8 Å². The van der Waals surface area contributed by atoms with E-state index in [4.69, 9.17) is 0 Å². The predicted octanol–water partition coefficient (Wildman–Crippen LogP) is 3.70. The number of nitrogens with one attached hydrogen (secondary N) is 1. The van der Waals surface area contributed by atoms with Gasteiger partial charge >= 0.3 is 0 Å². The van der Waals surface area contributed by atoms with E-state index in [1.165, 1.54) is 0 Å². The molecule has 29 heavy (non-hydrogen) atoms. The molecule has 2 aromatic carbocycles. The number of carbonyl (C=O) groups is 2. The third kappa shape index (κ3) is 3.92. The van der Waals surface area contributed by atoms with Crippen molar-refractivity contribution in [2.75, 3.05) is 11.4 Å². The molecule has 1 fully saturated rings. The van der Waals surface area contributed by atoms with Crippen molar-refractivity contribution in [1.29, 1.82) is 0 Å². The summed E-state index contributed by atoms with van der Waals surface area (Å²) in [5.41, 5.74) is 4.15. The molecule has 1 atom stereocenters. The van der Waals surface area contributed by atoms with Crippen LogP contribution in [0.4, 0.5) is 5.69 Å². The lowest BCUT2D eigenvalue weighted by atomic mass is 10.1. The molecule has 1 N–H and O–H groups in total. The van der Waals surface area contributed by atoms with E-state index >= 15 is 0 Å². The highest BCUT2D eigenvalue weighted by Crippen LogP contribution is 2.24. The van der Waals surface area contributed by atoms with Gasteiger partial charge in [-0.05, 0) is 37.1 Å². The molecule has 6 nitrogen and oxygen atoms in total. The molecule has 1 aliphatic rings. The average Bonchev–Trinajstić information content (AvgIpc) is 3.34. The van der Waals surface area contributed by atoms with Crippen molar-refractivity contribution in [3.8, 4) is 11.3 Å². The topological polar surface area (TPSA) is 67.2 Å². The van der Waals surface area contributed by atoms with E-state index in [0.29, 0.717) is 12.1 Å². The van der Waals surface area contributed by atoms with Crippen LogP contribution in [0.3, 0.4) is 0 Å². The minimum absolute atomic E-state index is 0.166. The second kappa shape index (κ2) is 7.91. The van der Waals surface area contributed by atoms with Crippen LogP contribution in [-0.4, -0.2) is 28.1 Å². The maximum Gasteiger partial charge on any atom is 0.270 e. The zero-order valence-electron chi connectivity index (χ0n) is 16.6. The molecule has 0 bridgehead atoms. The van der Waals surface area contributed by atoms with Crippen LogP contribution in [0.2, 0.25) is 0 Å². The number of hydrogen-bond acceptors (Lipinski definition) is 3. The van der Waals surface area contributed by atoms with Gasteiger partial charge in [0.05, 0.1) is 11.7 Å². The van der Waals surface area contributed by atoms with Gasteiger partial charge in [0.2, 0.25) is 5.91 Å². The highest BCUT2D eigenvalue weighted by Gasteiger charge is 2.22. The number of carbonyl (C=O) groups excluding carboxylic acids is 2. The summed E-state index contributed by atoms with van der Waals surface area (Å²) in [6.07, 6.45) is 1.52. The van der Waals surface area contributed by atoms with Crippen LogP contribution in [0.25, 0.3) is 11.3 Å². The standard InChI is InChI=1S/C23H24N4O2/c1-16(17-10-12-19(13-11-17)27-14-6-9-22(27)28)24-23(29)21-15-20(25-26(21)2)18-7-4-3-5-8-18/h3-5,7-8,10-13,15-16H,6,9,14H2,1-2H3,(H,24,29)/t16-/m1/s1. The van der Waals surface area contributed by atoms with E-state index in [0.717, 1.165) is 35.5 Å². The summed E-state index contributed by atoms with van der Waals surface area (Å²) in [5.74, 6) is -0.00184. The molecule has 2 amide bonds. The SMILES string of the molecule is C[C@@H](NC(=O)c1cc(-c2ccccc2)nn1C)c1ccc(N2CCCC2=O)cc1. The second-order valence-corrected chi connectivity index (χ2v) is 7.34. The number of anilines is 1. The molecule has 0 radical (unpaired) electrons. The first-order valence-corrected chi connectivity index (χ1v) is 9.83. The predicted molar refractivity (Wildman–Crippen MR) is 113 cm³/mol. The lowest BCUT2D eigenvalue weighted by Crippen LogP contribution is -2.28. The smallest absolute Gasteiger partial charge is 0.270 e. The normalized spacial score (nSPS) is 14.8. The molecule has 3 aromatic rings. The number of aryl methyl sites for hydroxylation is 1. The van der Waals surface area contributed by atoms with Crippen LogP contribution in [0.15, 0.2) is 60.7 Å². The summed E-state index contributed by atoms with van der Waals surface area (Å²) in [6.45, 7) is 2.72. The van der Waals surface area contributed by atoms with Crippen molar-refractivity contribution in [3.63, 3.8) is 0 Å². The molecule has 6 heteroatoms. The Kier molecular flexibility index (Phi) is 5.16. The monoisotopic (exact) mass is 388 g/mol. The van der Waals surface area contributed by atoms with Crippen molar-refractivity contribution < 1.29 is 9.59 Å². The fourth-order valence-electron chi connectivity index (χ4n) is 3.65. The van der Waals surface area contributed by atoms with Gasteiger partial charge in [0.25, 0.3) is 5.91 Å². The number of amides is 2. The van der Waals surface area contributed by atoms with Crippen LogP contribution < -0.4 is 10.2 Å². The minimum atomic E-state index is -0.173. The Morgan fingerprint density at radius 1 is 1.10 bits per heavy atom. The van der Waals surface area contributed by atoms with Crippen LogP contribution in [0.5, 0.6) is 0 Å². The fraction of sp³-hybridized carbons (Fsp3) is 0.261. The first-order chi connectivity index (χ1) is 14.0. The fourth-order valence-corrected chi connectivity index (χ4v) is 3.65. The number of hydrogen-bond donors (Lipinski definition) is 1. The van der Waals surface area contributed by atoms with E-state index < -0.39 is 0 Å². The number of rotatable bonds is 5. The molecule has 0 aliphatic carbocycles. The Hall–Kier alpha value is -3.41. The van der Waals surface area contributed by atoms with Crippen LogP contribution in [-0.2, 0) is 11.8 Å². The minimum Gasteiger partial charge on any atom is -0.344 e. The Bertz CT molecular complexity index is 1020. The average molecular weight is 388 g/mol. The molecule has 0 spiro atoms. The van der Waals surface area contributed by atoms with Gasteiger partial charge in [0, 0.05) is 31.3 Å². The number of aromatic nitrogens is 2. The van der Waals surface area contributed by atoms with Crippen molar-refractivity contribution in [3.05, 3.63) is 71.9 Å². The van der Waals surface area contributed by atoms with Gasteiger partial charge in [0.15, 0.2) is 0 Å². The van der Waals surface area contributed by atoms with E-state index in [1.807, 2.05) is 66.4 Å². The molecular weight excluding hydrogens is 364 g/mol. The van der Waals surface area contributed by atoms with Gasteiger partial charge in [-0.3, -0.25) is 14.3 Å².